The van der Waals surface area contributed by atoms with Crippen LogP contribution in [0.1, 0.15) is 30.9 Å². The Morgan fingerprint density at radius 1 is 1.21 bits per heavy atom. The van der Waals surface area contributed by atoms with Gasteiger partial charge in [0.15, 0.2) is 6.61 Å². The lowest BCUT2D eigenvalue weighted by Crippen LogP contribution is -2.20. The molecule has 0 unspecified atom stereocenters. The van der Waals surface area contributed by atoms with Crippen molar-refractivity contribution in [2.45, 2.75) is 26.7 Å². The van der Waals surface area contributed by atoms with Gasteiger partial charge in [-0.1, -0.05) is 53.0 Å². The zero-order chi connectivity index (χ0) is 17.9. The van der Waals surface area contributed by atoms with Gasteiger partial charge < -0.3 is 10.1 Å². The Labute approximate surface area is 160 Å². The molecule has 2 aromatic rings. The van der Waals surface area contributed by atoms with E-state index in [2.05, 4.69) is 35.1 Å². The van der Waals surface area contributed by atoms with Gasteiger partial charge in [0, 0.05) is 10.2 Å². The smallest absolute Gasteiger partial charge is 0.262 e. The first-order valence-electron chi connectivity index (χ1n) is 7.45. The van der Waals surface area contributed by atoms with Crippen molar-refractivity contribution in [2.24, 2.45) is 0 Å². The number of nitrogens with one attached hydrogen (secondary N) is 1. The van der Waals surface area contributed by atoms with E-state index < -0.39 is 0 Å². The Hall–Kier alpha value is -1.23. The van der Waals surface area contributed by atoms with Gasteiger partial charge in [0.2, 0.25) is 0 Å². The second-order valence-electron chi connectivity index (χ2n) is 5.76. The number of rotatable bonds is 5. The molecule has 0 aromatic heterocycles. The highest BCUT2D eigenvalue weighted by molar-refractivity contribution is 9.10. The van der Waals surface area contributed by atoms with Crippen molar-refractivity contribution >= 4 is 50.7 Å². The predicted octanol–water partition coefficient (Wildman–Crippen LogP) is 6.21. The van der Waals surface area contributed by atoms with Crippen molar-refractivity contribution in [3.63, 3.8) is 0 Å². The number of hydrogen-bond donors (Lipinski definition) is 1. The first-order valence-corrected chi connectivity index (χ1v) is 9.00. The SMILES string of the molecule is Cc1cc(OCC(=O)Nc2ccc(Cl)c(Cl)c2)c(C(C)C)cc1Br. The summed E-state index contributed by atoms with van der Waals surface area (Å²) in [5.41, 5.74) is 2.68. The number of halogens is 3. The summed E-state index contributed by atoms with van der Waals surface area (Å²) in [6.45, 7) is 6.07. The van der Waals surface area contributed by atoms with Crippen molar-refractivity contribution in [2.75, 3.05) is 11.9 Å². The fraction of sp³-hybridized carbons (Fsp3) is 0.278. The highest BCUT2D eigenvalue weighted by Crippen LogP contribution is 2.32. The van der Waals surface area contributed by atoms with Crippen LogP contribution in [0.2, 0.25) is 10.0 Å². The van der Waals surface area contributed by atoms with Gasteiger partial charge in [-0.25, -0.2) is 0 Å². The molecule has 0 atom stereocenters. The van der Waals surface area contributed by atoms with Crippen molar-refractivity contribution in [1.82, 2.24) is 0 Å². The number of ether oxygens (including phenoxy) is 1. The van der Waals surface area contributed by atoms with E-state index >= 15 is 0 Å². The summed E-state index contributed by atoms with van der Waals surface area (Å²) in [4.78, 5) is 12.1. The van der Waals surface area contributed by atoms with E-state index in [0.717, 1.165) is 21.3 Å². The minimum absolute atomic E-state index is 0.0823. The number of carbonyl (C=O) groups excluding carboxylic acids is 1. The van der Waals surface area contributed by atoms with E-state index in [4.69, 9.17) is 27.9 Å². The zero-order valence-electron chi connectivity index (χ0n) is 13.6. The fourth-order valence-electron chi connectivity index (χ4n) is 2.16. The first-order chi connectivity index (χ1) is 11.3. The maximum atomic E-state index is 12.1. The molecule has 0 aliphatic carbocycles. The van der Waals surface area contributed by atoms with Crippen LogP contribution in [0.25, 0.3) is 0 Å². The molecule has 2 aromatic carbocycles. The van der Waals surface area contributed by atoms with Crippen LogP contribution >= 0.6 is 39.1 Å². The Morgan fingerprint density at radius 2 is 1.92 bits per heavy atom. The summed E-state index contributed by atoms with van der Waals surface area (Å²) in [5.74, 6) is 0.744. The normalized spacial score (nSPS) is 10.8. The lowest BCUT2D eigenvalue weighted by Gasteiger charge is -2.16. The molecule has 0 radical (unpaired) electrons. The van der Waals surface area contributed by atoms with Gasteiger partial charge in [-0.05, 0) is 54.3 Å². The average molecular weight is 431 g/mol. The third-order valence-corrected chi connectivity index (χ3v) is 5.07. The molecule has 0 aliphatic heterocycles. The number of aryl methyl sites for hydroxylation is 1. The molecule has 0 saturated carbocycles. The largest absolute Gasteiger partial charge is 0.483 e. The second-order valence-corrected chi connectivity index (χ2v) is 7.43. The molecule has 0 bridgehead atoms. The van der Waals surface area contributed by atoms with Crippen LogP contribution in [0.15, 0.2) is 34.8 Å². The fourth-order valence-corrected chi connectivity index (χ4v) is 2.82. The number of anilines is 1. The zero-order valence-corrected chi connectivity index (χ0v) is 16.7. The molecular weight excluding hydrogens is 413 g/mol. The van der Waals surface area contributed by atoms with Crippen molar-refractivity contribution in [1.29, 1.82) is 0 Å². The van der Waals surface area contributed by atoms with Gasteiger partial charge in [-0.15, -0.1) is 0 Å². The molecule has 3 nitrogen and oxygen atoms in total. The van der Waals surface area contributed by atoms with Crippen molar-refractivity contribution in [3.8, 4) is 5.75 Å². The summed E-state index contributed by atoms with van der Waals surface area (Å²) < 4.78 is 6.76. The molecule has 6 heteroatoms. The van der Waals surface area contributed by atoms with E-state index in [1.807, 2.05) is 19.1 Å². The molecule has 0 fully saturated rings. The minimum Gasteiger partial charge on any atom is -0.483 e. The maximum Gasteiger partial charge on any atom is 0.262 e. The van der Waals surface area contributed by atoms with Gasteiger partial charge in [-0.2, -0.15) is 0 Å². The standard InChI is InChI=1S/C18H18BrCl2NO2/c1-10(2)13-8-14(19)11(3)6-17(13)24-9-18(23)22-12-4-5-15(20)16(21)7-12/h4-8,10H,9H2,1-3H3,(H,22,23). The van der Waals surface area contributed by atoms with Gasteiger partial charge in [0.05, 0.1) is 10.0 Å². The van der Waals surface area contributed by atoms with Crippen LogP contribution in [-0.2, 0) is 4.79 Å². The quantitative estimate of drug-likeness (QED) is 0.612. The first kappa shape index (κ1) is 19.1. The van der Waals surface area contributed by atoms with E-state index in [9.17, 15) is 4.79 Å². The number of hydrogen-bond acceptors (Lipinski definition) is 2. The number of carbonyl (C=O) groups is 1. The Balaban J connectivity index is 2.06. The summed E-state index contributed by atoms with van der Waals surface area (Å²) in [5, 5.41) is 3.57. The van der Waals surface area contributed by atoms with Gasteiger partial charge >= 0.3 is 0 Å². The predicted molar refractivity (Wildman–Crippen MR) is 104 cm³/mol. The number of amides is 1. The van der Waals surface area contributed by atoms with E-state index in [-0.39, 0.29) is 18.4 Å². The van der Waals surface area contributed by atoms with E-state index in [1.54, 1.807) is 18.2 Å². The third kappa shape index (κ3) is 4.88. The van der Waals surface area contributed by atoms with Gasteiger partial charge in [0.1, 0.15) is 5.75 Å². The molecule has 1 N–H and O–H groups in total. The summed E-state index contributed by atoms with van der Waals surface area (Å²) >= 11 is 15.3. The molecule has 0 saturated heterocycles. The highest BCUT2D eigenvalue weighted by Gasteiger charge is 2.13. The molecule has 0 heterocycles. The minimum atomic E-state index is -0.260. The third-order valence-electron chi connectivity index (χ3n) is 3.48. The highest BCUT2D eigenvalue weighted by atomic mass is 79.9. The molecule has 1 amide bonds. The van der Waals surface area contributed by atoms with E-state index in [0.29, 0.717) is 15.7 Å². The Kier molecular flexibility index (Phi) is 6.55. The number of benzene rings is 2. The average Bonchev–Trinajstić information content (AvgIpc) is 2.51. The maximum absolute atomic E-state index is 12.1. The summed E-state index contributed by atoms with van der Waals surface area (Å²) in [7, 11) is 0. The van der Waals surface area contributed by atoms with Gasteiger partial charge in [-0.3, -0.25) is 4.79 Å². The lowest BCUT2D eigenvalue weighted by molar-refractivity contribution is -0.118. The van der Waals surface area contributed by atoms with Crippen LogP contribution in [0.3, 0.4) is 0 Å². The molecule has 2 rings (SSSR count). The van der Waals surface area contributed by atoms with Crippen LogP contribution in [0.4, 0.5) is 5.69 Å². The van der Waals surface area contributed by atoms with Crippen molar-refractivity contribution in [3.05, 3.63) is 56.0 Å². The van der Waals surface area contributed by atoms with Gasteiger partial charge in [0.25, 0.3) is 5.91 Å². The van der Waals surface area contributed by atoms with Crippen LogP contribution in [0.5, 0.6) is 5.75 Å². The Morgan fingerprint density at radius 3 is 2.54 bits per heavy atom. The molecule has 0 aliphatic rings. The molecule has 24 heavy (non-hydrogen) atoms. The van der Waals surface area contributed by atoms with Crippen LogP contribution < -0.4 is 10.1 Å². The van der Waals surface area contributed by atoms with E-state index in [1.165, 1.54) is 0 Å². The molecule has 128 valence electrons. The monoisotopic (exact) mass is 429 g/mol. The Bertz CT molecular complexity index is 763. The topological polar surface area (TPSA) is 38.3 Å². The second kappa shape index (κ2) is 8.24. The molecule has 0 spiro atoms. The van der Waals surface area contributed by atoms with Crippen LogP contribution in [-0.4, -0.2) is 12.5 Å². The summed E-state index contributed by atoms with van der Waals surface area (Å²) in [6.07, 6.45) is 0. The lowest BCUT2D eigenvalue weighted by atomic mass is 10.0. The van der Waals surface area contributed by atoms with Crippen molar-refractivity contribution < 1.29 is 9.53 Å². The summed E-state index contributed by atoms with van der Waals surface area (Å²) in [6, 6.07) is 8.90. The van der Waals surface area contributed by atoms with Crippen LogP contribution in [0, 0.1) is 6.92 Å². The molecular formula is C18H18BrCl2NO2.